The molecule has 2 aromatic rings. The van der Waals surface area contributed by atoms with Crippen LogP contribution in [0.4, 0.5) is 5.69 Å². The number of rotatable bonds is 4. The molecule has 0 radical (unpaired) electrons. The molecule has 108 valence electrons. The number of aromatic nitrogens is 1. The van der Waals surface area contributed by atoms with Gasteiger partial charge in [-0.25, -0.2) is 4.98 Å². The number of benzene rings is 1. The van der Waals surface area contributed by atoms with Gasteiger partial charge in [0.15, 0.2) is 0 Å². The lowest BCUT2D eigenvalue weighted by Crippen LogP contribution is -2.18. The van der Waals surface area contributed by atoms with E-state index in [1.54, 1.807) is 11.3 Å². The summed E-state index contributed by atoms with van der Waals surface area (Å²) in [6.45, 7) is 7.16. The predicted octanol–water partition coefficient (Wildman–Crippen LogP) is 3.14. The highest BCUT2D eigenvalue weighted by molar-refractivity contribution is 7.18. The second-order valence-electron chi connectivity index (χ2n) is 5.85. The molecule has 1 amide bonds. The average Bonchev–Trinajstić information content (AvgIpc) is 2.79. The molecule has 1 aromatic heterocycles. The van der Waals surface area contributed by atoms with Crippen LogP contribution in [0.5, 0.6) is 0 Å². The lowest BCUT2D eigenvalue weighted by molar-refractivity contribution is -0.116. The van der Waals surface area contributed by atoms with E-state index in [1.165, 1.54) is 0 Å². The van der Waals surface area contributed by atoms with Gasteiger partial charge >= 0.3 is 0 Å². The van der Waals surface area contributed by atoms with Crippen LogP contribution in [0.15, 0.2) is 18.2 Å². The van der Waals surface area contributed by atoms with Crippen molar-refractivity contribution in [2.24, 2.45) is 0 Å². The van der Waals surface area contributed by atoms with E-state index in [-0.39, 0.29) is 11.3 Å². The van der Waals surface area contributed by atoms with Crippen LogP contribution in [0, 0.1) is 0 Å². The van der Waals surface area contributed by atoms with Crippen LogP contribution in [0.2, 0.25) is 0 Å². The second kappa shape index (κ2) is 5.89. The molecule has 0 aliphatic carbocycles. The summed E-state index contributed by atoms with van der Waals surface area (Å²) in [6.07, 6.45) is 0.477. The fraction of sp³-hybridized carbons (Fsp3) is 0.467. The van der Waals surface area contributed by atoms with Crippen LogP contribution >= 0.6 is 11.3 Å². The van der Waals surface area contributed by atoms with Crippen LogP contribution in [-0.2, 0) is 10.2 Å². The molecule has 2 rings (SSSR count). The van der Waals surface area contributed by atoms with Crippen molar-refractivity contribution in [2.75, 3.05) is 18.9 Å². The Morgan fingerprint density at radius 2 is 2.10 bits per heavy atom. The minimum atomic E-state index is 0.0271. The molecule has 0 spiro atoms. The van der Waals surface area contributed by atoms with Gasteiger partial charge in [0.25, 0.3) is 0 Å². The molecule has 5 heteroatoms. The van der Waals surface area contributed by atoms with Gasteiger partial charge < -0.3 is 10.6 Å². The summed E-state index contributed by atoms with van der Waals surface area (Å²) >= 11 is 1.69. The van der Waals surface area contributed by atoms with Gasteiger partial charge in [-0.3, -0.25) is 4.79 Å². The van der Waals surface area contributed by atoms with Crippen molar-refractivity contribution in [3.05, 3.63) is 23.2 Å². The highest BCUT2D eigenvalue weighted by atomic mass is 32.1. The topological polar surface area (TPSA) is 54.0 Å². The van der Waals surface area contributed by atoms with Crippen LogP contribution < -0.4 is 10.6 Å². The number of anilines is 1. The van der Waals surface area contributed by atoms with Gasteiger partial charge in [-0.15, -0.1) is 11.3 Å². The van der Waals surface area contributed by atoms with Crippen molar-refractivity contribution >= 4 is 33.1 Å². The number of fused-ring (bicyclic) bond motifs is 1. The van der Waals surface area contributed by atoms with E-state index in [9.17, 15) is 4.79 Å². The summed E-state index contributed by atoms with van der Waals surface area (Å²) in [5.74, 6) is 0.0271. The highest BCUT2D eigenvalue weighted by Crippen LogP contribution is 2.32. The number of hydrogen-bond donors (Lipinski definition) is 2. The molecule has 0 fully saturated rings. The fourth-order valence-corrected chi connectivity index (χ4v) is 2.85. The molecule has 0 atom stereocenters. The summed E-state index contributed by atoms with van der Waals surface area (Å²) < 4.78 is 1.11. The summed E-state index contributed by atoms with van der Waals surface area (Å²) in [7, 11) is 1.84. The Hall–Kier alpha value is -1.46. The molecule has 0 aliphatic heterocycles. The molecular weight excluding hydrogens is 270 g/mol. The van der Waals surface area contributed by atoms with Gasteiger partial charge in [-0.2, -0.15) is 0 Å². The first-order valence-electron chi connectivity index (χ1n) is 6.75. The van der Waals surface area contributed by atoms with E-state index in [0.717, 1.165) is 20.9 Å². The Labute approximate surface area is 123 Å². The number of nitrogens with zero attached hydrogens (tertiary/aromatic N) is 1. The third-order valence-electron chi connectivity index (χ3n) is 2.92. The summed E-state index contributed by atoms with van der Waals surface area (Å²) in [5.41, 5.74) is 1.88. The molecule has 20 heavy (non-hydrogen) atoms. The predicted molar refractivity (Wildman–Crippen MR) is 85.5 cm³/mol. The third-order valence-corrected chi connectivity index (χ3v) is 4.36. The van der Waals surface area contributed by atoms with E-state index in [1.807, 2.05) is 25.2 Å². The van der Waals surface area contributed by atoms with Gasteiger partial charge in [0, 0.05) is 24.1 Å². The molecule has 1 aromatic carbocycles. The lowest BCUT2D eigenvalue weighted by atomic mass is 9.98. The average molecular weight is 291 g/mol. The zero-order valence-corrected chi connectivity index (χ0v) is 13.2. The maximum absolute atomic E-state index is 11.7. The van der Waals surface area contributed by atoms with Crippen molar-refractivity contribution in [1.29, 1.82) is 0 Å². The van der Waals surface area contributed by atoms with E-state index in [4.69, 9.17) is 0 Å². The minimum absolute atomic E-state index is 0.0271. The Balaban J connectivity index is 2.19. The van der Waals surface area contributed by atoms with E-state index in [0.29, 0.717) is 13.0 Å². The normalized spacial score (nSPS) is 11.8. The fourth-order valence-electron chi connectivity index (χ4n) is 1.79. The largest absolute Gasteiger partial charge is 0.326 e. The number of thiazole rings is 1. The van der Waals surface area contributed by atoms with Gasteiger partial charge in [0.1, 0.15) is 0 Å². The highest BCUT2D eigenvalue weighted by Gasteiger charge is 2.18. The molecule has 1 heterocycles. The number of hydrogen-bond acceptors (Lipinski definition) is 4. The molecule has 0 saturated heterocycles. The van der Waals surface area contributed by atoms with Crippen molar-refractivity contribution in [2.45, 2.75) is 32.6 Å². The molecule has 0 saturated carbocycles. The first kappa shape index (κ1) is 14.9. The van der Waals surface area contributed by atoms with E-state index < -0.39 is 0 Å². The van der Waals surface area contributed by atoms with Crippen LogP contribution in [-0.4, -0.2) is 24.5 Å². The molecule has 0 bridgehead atoms. The second-order valence-corrected chi connectivity index (χ2v) is 6.88. The number of nitrogens with one attached hydrogen (secondary N) is 2. The molecular formula is C15H21N3OS. The molecule has 0 aliphatic rings. The van der Waals surface area contributed by atoms with E-state index in [2.05, 4.69) is 36.4 Å². The number of amides is 1. The Morgan fingerprint density at radius 3 is 2.75 bits per heavy atom. The Kier molecular flexibility index (Phi) is 4.40. The summed E-state index contributed by atoms with van der Waals surface area (Å²) in [4.78, 5) is 16.4. The standard InChI is InChI=1S/C15H21N3OS/c1-15(2,3)14-18-11-6-5-10(9-12(11)20-14)17-13(19)7-8-16-4/h5-6,9,16H,7-8H2,1-4H3,(H,17,19). The van der Waals surface area contributed by atoms with Crippen LogP contribution in [0.1, 0.15) is 32.2 Å². The van der Waals surface area contributed by atoms with Crippen molar-refractivity contribution in [3.8, 4) is 0 Å². The van der Waals surface area contributed by atoms with Crippen molar-refractivity contribution in [1.82, 2.24) is 10.3 Å². The first-order chi connectivity index (χ1) is 9.40. The smallest absolute Gasteiger partial charge is 0.225 e. The van der Waals surface area contributed by atoms with Gasteiger partial charge in [0.05, 0.1) is 15.2 Å². The molecule has 2 N–H and O–H groups in total. The minimum Gasteiger partial charge on any atom is -0.326 e. The van der Waals surface area contributed by atoms with Crippen LogP contribution in [0.3, 0.4) is 0 Å². The van der Waals surface area contributed by atoms with E-state index >= 15 is 0 Å². The zero-order chi connectivity index (χ0) is 14.8. The third kappa shape index (κ3) is 3.55. The monoisotopic (exact) mass is 291 g/mol. The zero-order valence-electron chi connectivity index (χ0n) is 12.4. The van der Waals surface area contributed by atoms with Crippen LogP contribution in [0.25, 0.3) is 10.2 Å². The quantitative estimate of drug-likeness (QED) is 0.910. The maximum Gasteiger partial charge on any atom is 0.225 e. The Bertz CT molecular complexity index is 613. The van der Waals surface area contributed by atoms with Crippen molar-refractivity contribution in [3.63, 3.8) is 0 Å². The van der Waals surface area contributed by atoms with Gasteiger partial charge in [-0.05, 0) is 25.2 Å². The Morgan fingerprint density at radius 1 is 1.35 bits per heavy atom. The van der Waals surface area contributed by atoms with Gasteiger partial charge in [0.2, 0.25) is 5.91 Å². The first-order valence-corrected chi connectivity index (χ1v) is 7.57. The molecule has 4 nitrogen and oxygen atoms in total. The number of carbonyl (C=O) groups is 1. The summed E-state index contributed by atoms with van der Waals surface area (Å²) in [5, 5.41) is 7.00. The number of carbonyl (C=O) groups excluding carboxylic acids is 1. The molecule has 0 unspecified atom stereocenters. The maximum atomic E-state index is 11.7. The SMILES string of the molecule is CNCCC(=O)Nc1ccc2nc(C(C)(C)C)sc2c1. The summed E-state index contributed by atoms with van der Waals surface area (Å²) in [6, 6.07) is 5.88. The lowest BCUT2D eigenvalue weighted by Gasteiger charge is -2.13. The van der Waals surface area contributed by atoms with Crippen molar-refractivity contribution < 1.29 is 4.79 Å². The van der Waals surface area contributed by atoms with Gasteiger partial charge in [-0.1, -0.05) is 20.8 Å².